The Morgan fingerprint density at radius 3 is 2.72 bits per heavy atom. The average molecular weight is 268 g/mol. The van der Waals surface area contributed by atoms with Crippen LogP contribution in [0.2, 0.25) is 5.02 Å². The molecule has 5 heteroatoms. The summed E-state index contributed by atoms with van der Waals surface area (Å²) in [4.78, 5) is 25.1. The molecule has 1 aromatic rings. The summed E-state index contributed by atoms with van der Waals surface area (Å²) >= 11 is 5.80. The fraction of sp³-hybridized carbons (Fsp3) is 0.385. The zero-order valence-electron chi connectivity index (χ0n) is 10.1. The van der Waals surface area contributed by atoms with Crippen LogP contribution in [-0.2, 0) is 14.3 Å². The first-order valence-electron chi connectivity index (χ1n) is 5.84. The maximum absolute atomic E-state index is 11.9. The predicted molar refractivity (Wildman–Crippen MR) is 68.5 cm³/mol. The smallest absolute Gasteiger partial charge is 0.311 e. The van der Waals surface area contributed by atoms with E-state index in [2.05, 4.69) is 0 Å². The van der Waals surface area contributed by atoms with Gasteiger partial charge in [0.2, 0.25) is 5.91 Å². The standard InChI is InChI=1S/C13H14ClNO3/c1-2-18-13(17)9-7-12(16)15(8-9)11-5-3-10(14)4-6-11/h3-6,9H,2,7-8H2,1H3. The topological polar surface area (TPSA) is 46.6 Å². The van der Waals surface area contributed by atoms with E-state index < -0.39 is 0 Å². The molecule has 1 atom stereocenters. The highest BCUT2D eigenvalue weighted by atomic mass is 35.5. The molecular weight excluding hydrogens is 254 g/mol. The number of carbonyl (C=O) groups is 2. The number of halogens is 1. The second kappa shape index (κ2) is 5.40. The van der Waals surface area contributed by atoms with E-state index in [1.54, 1.807) is 36.1 Å². The number of hydrogen-bond acceptors (Lipinski definition) is 3. The molecule has 1 unspecified atom stereocenters. The summed E-state index contributed by atoms with van der Waals surface area (Å²) in [6.07, 6.45) is 0.210. The molecule has 4 nitrogen and oxygen atoms in total. The highest BCUT2D eigenvalue weighted by Crippen LogP contribution is 2.26. The van der Waals surface area contributed by atoms with Gasteiger partial charge in [0.05, 0.1) is 12.5 Å². The molecule has 0 N–H and O–H groups in total. The monoisotopic (exact) mass is 267 g/mol. The van der Waals surface area contributed by atoms with Crippen LogP contribution >= 0.6 is 11.6 Å². The van der Waals surface area contributed by atoms with Crippen LogP contribution in [0.15, 0.2) is 24.3 Å². The molecule has 96 valence electrons. The molecule has 1 aliphatic rings. The van der Waals surface area contributed by atoms with Crippen LogP contribution in [0.25, 0.3) is 0 Å². The molecule has 0 bridgehead atoms. The van der Waals surface area contributed by atoms with Gasteiger partial charge in [-0.2, -0.15) is 0 Å². The second-order valence-corrected chi connectivity index (χ2v) is 4.57. The number of rotatable bonds is 3. The molecule has 1 saturated heterocycles. The van der Waals surface area contributed by atoms with Gasteiger partial charge < -0.3 is 9.64 Å². The van der Waals surface area contributed by atoms with E-state index in [1.807, 2.05) is 0 Å². The Labute approximate surface area is 110 Å². The molecule has 1 fully saturated rings. The number of esters is 1. The van der Waals surface area contributed by atoms with E-state index in [0.717, 1.165) is 5.69 Å². The van der Waals surface area contributed by atoms with Gasteiger partial charge in [-0.1, -0.05) is 11.6 Å². The minimum absolute atomic E-state index is 0.0598. The van der Waals surface area contributed by atoms with Crippen LogP contribution in [0.3, 0.4) is 0 Å². The first-order valence-corrected chi connectivity index (χ1v) is 6.22. The van der Waals surface area contributed by atoms with Gasteiger partial charge in [0.1, 0.15) is 0 Å². The van der Waals surface area contributed by atoms with Crippen molar-refractivity contribution in [3.05, 3.63) is 29.3 Å². The van der Waals surface area contributed by atoms with E-state index >= 15 is 0 Å². The summed E-state index contributed by atoms with van der Waals surface area (Å²) in [5, 5.41) is 0.618. The number of carbonyl (C=O) groups excluding carboxylic acids is 2. The van der Waals surface area contributed by atoms with Crippen molar-refractivity contribution >= 4 is 29.2 Å². The number of amides is 1. The van der Waals surface area contributed by atoms with Gasteiger partial charge in [-0.25, -0.2) is 0 Å². The van der Waals surface area contributed by atoms with Crippen molar-refractivity contribution in [1.29, 1.82) is 0 Å². The molecule has 0 aromatic heterocycles. The Kier molecular flexibility index (Phi) is 3.87. The molecule has 1 amide bonds. The van der Waals surface area contributed by atoms with E-state index in [9.17, 15) is 9.59 Å². The normalized spacial score (nSPS) is 19.1. The maximum Gasteiger partial charge on any atom is 0.311 e. The summed E-state index contributed by atoms with van der Waals surface area (Å²) in [6, 6.07) is 6.99. The van der Waals surface area contributed by atoms with E-state index in [0.29, 0.717) is 18.2 Å². The van der Waals surface area contributed by atoms with Crippen LogP contribution in [0.5, 0.6) is 0 Å². The largest absolute Gasteiger partial charge is 0.466 e. The molecule has 0 spiro atoms. The Hall–Kier alpha value is -1.55. The quantitative estimate of drug-likeness (QED) is 0.789. The molecular formula is C13H14ClNO3. The van der Waals surface area contributed by atoms with Crippen LogP contribution < -0.4 is 4.90 Å². The SMILES string of the molecule is CCOC(=O)C1CC(=O)N(c2ccc(Cl)cc2)C1. The molecule has 2 rings (SSSR count). The zero-order valence-corrected chi connectivity index (χ0v) is 10.8. The Balaban J connectivity index is 2.10. The summed E-state index contributed by atoms with van der Waals surface area (Å²) < 4.78 is 4.94. The lowest BCUT2D eigenvalue weighted by atomic mass is 10.1. The van der Waals surface area contributed by atoms with Crippen LogP contribution in [0.1, 0.15) is 13.3 Å². The number of anilines is 1. The lowest BCUT2D eigenvalue weighted by molar-refractivity contribution is -0.147. The van der Waals surface area contributed by atoms with Crippen LogP contribution in [-0.4, -0.2) is 25.0 Å². The predicted octanol–water partition coefficient (Wildman–Crippen LogP) is 2.26. The molecule has 1 heterocycles. The third kappa shape index (κ3) is 2.64. The van der Waals surface area contributed by atoms with Crippen molar-refractivity contribution in [3.8, 4) is 0 Å². The van der Waals surface area contributed by atoms with Gasteiger partial charge in [-0.05, 0) is 31.2 Å². The van der Waals surface area contributed by atoms with Gasteiger partial charge in [0.25, 0.3) is 0 Å². The van der Waals surface area contributed by atoms with E-state index in [4.69, 9.17) is 16.3 Å². The average Bonchev–Trinajstić information content (AvgIpc) is 2.73. The highest BCUT2D eigenvalue weighted by molar-refractivity contribution is 6.30. The maximum atomic E-state index is 11.9. The number of ether oxygens (including phenoxy) is 1. The molecule has 1 aliphatic heterocycles. The molecule has 18 heavy (non-hydrogen) atoms. The summed E-state index contributed by atoms with van der Waals surface area (Å²) in [7, 11) is 0. The number of hydrogen-bond donors (Lipinski definition) is 0. The Bertz CT molecular complexity index is 458. The van der Waals surface area contributed by atoms with Crippen molar-refractivity contribution in [2.24, 2.45) is 5.92 Å². The third-order valence-corrected chi connectivity index (χ3v) is 3.14. The van der Waals surface area contributed by atoms with Gasteiger partial charge in [-0.3, -0.25) is 9.59 Å². The third-order valence-electron chi connectivity index (χ3n) is 2.88. The van der Waals surface area contributed by atoms with E-state index in [1.165, 1.54) is 0 Å². The minimum atomic E-state index is -0.367. The van der Waals surface area contributed by atoms with Crippen molar-refractivity contribution < 1.29 is 14.3 Å². The van der Waals surface area contributed by atoms with Crippen molar-refractivity contribution in [2.75, 3.05) is 18.1 Å². The fourth-order valence-electron chi connectivity index (χ4n) is 2.00. The van der Waals surface area contributed by atoms with Crippen molar-refractivity contribution in [3.63, 3.8) is 0 Å². The van der Waals surface area contributed by atoms with Crippen molar-refractivity contribution in [2.45, 2.75) is 13.3 Å². The first kappa shape index (κ1) is 12.9. The van der Waals surface area contributed by atoms with Gasteiger partial charge >= 0.3 is 5.97 Å². The summed E-state index contributed by atoms with van der Waals surface area (Å²) in [5.74, 6) is -0.731. The lowest BCUT2D eigenvalue weighted by Gasteiger charge is -2.16. The Morgan fingerprint density at radius 2 is 2.11 bits per heavy atom. The fourth-order valence-corrected chi connectivity index (χ4v) is 2.12. The number of benzene rings is 1. The Morgan fingerprint density at radius 1 is 1.44 bits per heavy atom. The molecule has 0 saturated carbocycles. The van der Waals surface area contributed by atoms with Gasteiger partial charge in [0.15, 0.2) is 0 Å². The lowest BCUT2D eigenvalue weighted by Crippen LogP contribution is -2.26. The molecule has 0 aliphatic carbocycles. The molecule has 1 aromatic carbocycles. The number of nitrogens with zero attached hydrogens (tertiary/aromatic N) is 1. The molecule has 0 radical (unpaired) electrons. The first-order chi connectivity index (χ1) is 8.61. The van der Waals surface area contributed by atoms with Crippen molar-refractivity contribution in [1.82, 2.24) is 0 Å². The minimum Gasteiger partial charge on any atom is -0.466 e. The summed E-state index contributed by atoms with van der Waals surface area (Å²) in [6.45, 7) is 2.47. The van der Waals surface area contributed by atoms with E-state index in [-0.39, 0.29) is 24.2 Å². The van der Waals surface area contributed by atoms with Gasteiger partial charge in [-0.15, -0.1) is 0 Å². The van der Waals surface area contributed by atoms with Gasteiger partial charge in [0, 0.05) is 23.7 Å². The summed E-state index contributed by atoms with van der Waals surface area (Å²) in [5.41, 5.74) is 0.760. The highest BCUT2D eigenvalue weighted by Gasteiger charge is 2.35. The zero-order chi connectivity index (χ0) is 13.1. The van der Waals surface area contributed by atoms with Crippen LogP contribution in [0, 0.1) is 5.92 Å². The second-order valence-electron chi connectivity index (χ2n) is 4.13. The van der Waals surface area contributed by atoms with Crippen LogP contribution in [0.4, 0.5) is 5.69 Å².